The molecule has 2 rings (SSSR count). The maximum atomic E-state index is 10.8. The average molecular weight is 524 g/mol. The van der Waals surface area contributed by atoms with Crippen LogP contribution < -0.4 is 29.6 Å². The third-order valence-electron chi connectivity index (χ3n) is 3.90. The van der Waals surface area contributed by atoms with E-state index in [9.17, 15) is 28.8 Å². The summed E-state index contributed by atoms with van der Waals surface area (Å²) in [6, 6.07) is 5.81. The van der Waals surface area contributed by atoms with Crippen LogP contribution >= 0.6 is 0 Å². The van der Waals surface area contributed by atoms with E-state index in [0.29, 0.717) is 13.0 Å². The molecular weight excluding hydrogens is 491 g/mol. The van der Waals surface area contributed by atoms with Crippen LogP contribution in [0.4, 0.5) is 0 Å². The minimum Gasteiger partial charge on any atom is -0.870 e. The number of carbonyl (C=O) groups excluding carboxylic acids is 5. The van der Waals surface area contributed by atoms with Crippen LogP contribution in [0, 0.1) is 5.92 Å². The predicted molar refractivity (Wildman–Crippen MR) is 121 cm³/mol. The molecule has 1 aromatic carbocycles. The molecule has 1 aromatic rings. The molecule has 0 unspecified atom stereocenters. The molecule has 0 amide bonds. The number of carboxylic acids is 1. The van der Waals surface area contributed by atoms with Gasteiger partial charge in [0.2, 0.25) is 0 Å². The number of benzene rings is 1. The van der Waals surface area contributed by atoms with Crippen LogP contribution in [0.15, 0.2) is 24.3 Å². The number of Topliss-reactive ketones (excluding diaryl/α,β-unsaturated/α-hetero) is 4. The predicted octanol–water partition coefficient (Wildman–Crippen LogP) is -1.72. The van der Waals surface area contributed by atoms with Crippen LogP contribution in [0.5, 0.6) is 5.75 Å². The topological polar surface area (TPSA) is 223 Å². The van der Waals surface area contributed by atoms with E-state index in [1.807, 2.05) is 0 Å². The molecule has 1 aliphatic rings. The first-order valence-electron chi connectivity index (χ1n) is 10.2. The summed E-state index contributed by atoms with van der Waals surface area (Å²) in [4.78, 5) is 61.6. The number of aliphatic hydroxyl groups excluding tert-OH is 1. The molecule has 0 atom stereocenters. The standard InChI is InChI=1S/C8H14O4.C7H6O3.C5H8O2.C3H4O2.Na.H2O/c1-5(9)7(6(2)10)3-4-8(11)12;8-6-4-2-1-3-5(6)7(9)10;1-4(6)3-5(2)7;4-3-1-2-5-3;;/h7-8,11-12H,3-4H2,1-2H3;1-4,8H,(H,9,10);3H2,1-2H3;1-2H2;;1H2/q;;;;+1;/p-1. The number of hydrogen-bond acceptors (Lipinski definition) is 11. The molecule has 1 heterocycles. The Labute approximate surface area is 231 Å². The van der Waals surface area contributed by atoms with Crippen molar-refractivity contribution in [3.05, 3.63) is 29.8 Å². The van der Waals surface area contributed by atoms with E-state index >= 15 is 0 Å². The number of aliphatic hydroxyl groups is 2. The van der Waals surface area contributed by atoms with Gasteiger partial charge in [0.25, 0.3) is 0 Å². The van der Waals surface area contributed by atoms with Crippen molar-refractivity contribution in [2.45, 2.75) is 59.7 Å². The van der Waals surface area contributed by atoms with Gasteiger partial charge in [-0.2, -0.15) is 0 Å². The number of ketones is 4. The fraction of sp³-hybridized carbons (Fsp3) is 0.478. The van der Waals surface area contributed by atoms with Crippen LogP contribution in [-0.2, 0) is 28.7 Å². The van der Waals surface area contributed by atoms with E-state index in [-0.39, 0.29) is 94.7 Å². The fourth-order valence-corrected chi connectivity index (χ4v) is 2.20. The molecule has 0 radical (unpaired) electrons. The van der Waals surface area contributed by atoms with E-state index in [1.165, 1.54) is 39.8 Å². The number of cyclic esters (lactones) is 1. The summed E-state index contributed by atoms with van der Waals surface area (Å²) in [7, 11) is 0. The molecule has 1 saturated heterocycles. The second-order valence-corrected chi connectivity index (χ2v) is 7.21. The number of para-hydroxylation sites is 1. The number of phenols is 1. The Morgan fingerprint density at radius 2 is 1.33 bits per heavy atom. The van der Waals surface area contributed by atoms with Gasteiger partial charge in [-0.15, -0.1) is 0 Å². The van der Waals surface area contributed by atoms with Gasteiger partial charge in [0.05, 0.1) is 18.8 Å². The Bertz CT molecular complexity index is 819. The summed E-state index contributed by atoms with van der Waals surface area (Å²) in [5.74, 6) is -2.61. The van der Waals surface area contributed by atoms with Crippen molar-refractivity contribution in [2.24, 2.45) is 5.92 Å². The van der Waals surface area contributed by atoms with Gasteiger partial charge in [-0.05, 0) is 52.7 Å². The van der Waals surface area contributed by atoms with Crippen molar-refractivity contribution in [2.75, 3.05) is 6.61 Å². The van der Waals surface area contributed by atoms with Crippen molar-refractivity contribution in [1.82, 2.24) is 0 Å². The molecule has 1 fully saturated rings. The van der Waals surface area contributed by atoms with Gasteiger partial charge in [-0.3, -0.25) is 24.0 Å². The van der Waals surface area contributed by atoms with Gasteiger partial charge in [0, 0.05) is 0 Å². The number of ether oxygens (including phenoxy) is 1. The molecule has 0 spiro atoms. The molecule has 1 aliphatic heterocycles. The summed E-state index contributed by atoms with van der Waals surface area (Å²) in [5, 5.41) is 34.3. The number of carboxylic acid groups (broad SMARTS) is 1. The van der Waals surface area contributed by atoms with Gasteiger partial charge >= 0.3 is 41.5 Å². The Hall–Kier alpha value is -2.48. The van der Waals surface area contributed by atoms with Crippen LogP contribution in [0.2, 0.25) is 0 Å². The number of hydrogen-bond donors (Lipinski definition) is 4. The van der Waals surface area contributed by atoms with Gasteiger partial charge in [0.1, 0.15) is 41.1 Å². The van der Waals surface area contributed by atoms with Crippen LogP contribution in [0.3, 0.4) is 0 Å². The molecule has 0 aromatic heterocycles. The van der Waals surface area contributed by atoms with E-state index in [4.69, 9.17) is 20.4 Å². The van der Waals surface area contributed by atoms with Crippen molar-refractivity contribution in [1.29, 1.82) is 0 Å². The van der Waals surface area contributed by atoms with E-state index in [2.05, 4.69) is 4.74 Å². The summed E-state index contributed by atoms with van der Waals surface area (Å²) < 4.78 is 4.29. The first kappa shape index (κ1) is 40.7. The molecule has 12 nitrogen and oxygen atoms in total. The molecule has 36 heavy (non-hydrogen) atoms. The van der Waals surface area contributed by atoms with Crippen molar-refractivity contribution < 1.29 is 89.0 Å². The minimum atomic E-state index is -1.44. The third kappa shape index (κ3) is 23.3. The maximum absolute atomic E-state index is 10.8. The van der Waals surface area contributed by atoms with Gasteiger partial charge < -0.3 is 30.6 Å². The molecule has 13 heteroatoms. The van der Waals surface area contributed by atoms with E-state index in [0.717, 1.165) is 0 Å². The monoisotopic (exact) mass is 524 g/mol. The molecule has 0 bridgehead atoms. The third-order valence-corrected chi connectivity index (χ3v) is 3.90. The number of aromatic carboxylic acids is 1. The molecule has 5 N–H and O–H groups in total. The largest absolute Gasteiger partial charge is 1.00 e. The van der Waals surface area contributed by atoms with Crippen LogP contribution in [0.1, 0.15) is 63.7 Å². The molecule has 0 saturated carbocycles. The van der Waals surface area contributed by atoms with Crippen molar-refractivity contribution >= 4 is 35.1 Å². The minimum absolute atomic E-state index is 0. The summed E-state index contributed by atoms with van der Waals surface area (Å²) in [6.45, 7) is 6.10. The summed E-state index contributed by atoms with van der Waals surface area (Å²) in [5.41, 5.74) is -0.0671. The van der Waals surface area contributed by atoms with Crippen molar-refractivity contribution in [3.63, 3.8) is 0 Å². The summed E-state index contributed by atoms with van der Waals surface area (Å²) >= 11 is 0. The number of aromatic hydroxyl groups is 1. The van der Waals surface area contributed by atoms with E-state index in [1.54, 1.807) is 12.1 Å². The molecular formula is C23H33NaO12. The molecule has 0 aliphatic carbocycles. The normalized spacial score (nSPS) is 10.6. The average Bonchev–Trinajstić information content (AvgIpc) is 2.66. The quantitative estimate of drug-likeness (QED) is 0.129. The zero-order chi connectivity index (χ0) is 26.8. The first-order chi connectivity index (χ1) is 15.7. The van der Waals surface area contributed by atoms with Gasteiger partial charge in [-0.1, -0.05) is 12.1 Å². The second kappa shape index (κ2) is 23.0. The van der Waals surface area contributed by atoms with Crippen molar-refractivity contribution in [3.8, 4) is 5.75 Å². The van der Waals surface area contributed by atoms with Gasteiger partial charge in [-0.25, -0.2) is 4.79 Å². The number of carbonyl (C=O) groups is 6. The Morgan fingerprint density at radius 1 is 0.917 bits per heavy atom. The van der Waals surface area contributed by atoms with Gasteiger partial charge in [0.15, 0.2) is 6.29 Å². The zero-order valence-corrected chi connectivity index (χ0v) is 23.1. The SMILES string of the molecule is CC(=O)C(CCC(O)O)C(C)=O.CC(=O)CC(C)=O.O=C(O)c1ccccc1O.O=C1CCO1.[Na+].[OH-]. The smallest absolute Gasteiger partial charge is 0.870 e. The summed E-state index contributed by atoms with van der Waals surface area (Å²) in [6.07, 6.45) is -0.460. The second-order valence-electron chi connectivity index (χ2n) is 7.21. The van der Waals surface area contributed by atoms with E-state index < -0.39 is 18.2 Å². The number of esters is 1. The Kier molecular flexibility index (Phi) is 25.9. The Morgan fingerprint density at radius 3 is 1.53 bits per heavy atom. The van der Waals surface area contributed by atoms with Crippen LogP contribution in [0.25, 0.3) is 0 Å². The molecule has 198 valence electrons. The zero-order valence-electron chi connectivity index (χ0n) is 21.1. The first-order valence-corrected chi connectivity index (χ1v) is 10.2. The van der Waals surface area contributed by atoms with Crippen LogP contribution in [-0.4, -0.2) is 73.9 Å². The number of rotatable bonds is 8. The fourth-order valence-electron chi connectivity index (χ4n) is 2.20. The maximum Gasteiger partial charge on any atom is 1.00 e. The Balaban J connectivity index is -0.000000194.